The molecule has 2 amide bonds. The molecule has 6 heteroatoms. The molecule has 0 fully saturated rings. The smallest absolute Gasteiger partial charge is 0.241 e. The van der Waals surface area contributed by atoms with E-state index in [2.05, 4.69) is 5.32 Å². The van der Waals surface area contributed by atoms with Gasteiger partial charge >= 0.3 is 0 Å². The van der Waals surface area contributed by atoms with E-state index in [-0.39, 0.29) is 18.4 Å². The molecule has 1 rings (SSSR count). The van der Waals surface area contributed by atoms with E-state index in [9.17, 15) is 9.59 Å². The summed E-state index contributed by atoms with van der Waals surface area (Å²) in [7, 11) is 1.75. The quantitative estimate of drug-likeness (QED) is 0.830. The first-order valence-corrected chi connectivity index (χ1v) is 7.71. The molecule has 0 radical (unpaired) electrons. The number of carbonyl (C=O) groups is 2. The van der Waals surface area contributed by atoms with Crippen LogP contribution in [0.5, 0.6) is 0 Å². The topological polar surface area (TPSA) is 76.4 Å². The standard InChI is InChI=1S/C17H24N4O2/c1-5-21(6-2)16(22)12-20(4)13(3)17(23)19-15-9-7-8-14(10-15)11-18/h7-10,13H,5-6,12H2,1-4H3,(H,19,23). The van der Waals surface area contributed by atoms with Crippen LogP contribution in [0.1, 0.15) is 26.3 Å². The predicted octanol–water partition coefficient (Wildman–Crippen LogP) is 1.69. The normalized spacial score (nSPS) is 11.7. The van der Waals surface area contributed by atoms with Crippen LogP contribution in [-0.2, 0) is 9.59 Å². The SMILES string of the molecule is CCN(CC)C(=O)CN(C)C(C)C(=O)Nc1cccc(C#N)c1. The van der Waals surface area contributed by atoms with Gasteiger partial charge in [-0.1, -0.05) is 6.07 Å². The van der Waals surface area contributed by atoms with Gasteiger partial charge in [0, 0.05) is 18.8 Å². The summed E-state index contributed by atoms with van der Waals surface area (Å²) in [6, 6.07) is 8.31. The number of rotatable bonds is 7. The molecule has 0 saturated heterocycles. The first-order valence-electron chi connectivity index (χ1n) is 7.71. The van der Waals surface area contributed by atoms with Gasteiger partial charge in [0.2, 0.25) is 11.8 Å². The summed E-state index contributed by atoms with van der Waals surface area (Å²) in [5.41, 5.74) is 1.06. The zero-order valence-electron chi connectivity index (χ0n) is 14.2. The number of benzene rings is 1. The van der Waals surface area contributed by atoms with Crippen molar-refractivity contribution in [3.8, 4) is 6.07 Å². The zero-order chi connectivity index (χ0) is 17.4. The van der Waals surface area contributed by atoms with Crippen molar-refractivity contribution in [1.82, 2.24) is 9.80 Å². The number of anilines is 1. The van der Waals surface area contributed by atoms with Crippen LogP contribution in [0.25, 0.3) is 0 Å². The third kappa shape index (κ3) is 5.38. The molecule has 6 nitrogen and oxygen atoms in total. The molecule has 1 aromatic rings. The molecule has 0 aromatic heterocycles. The molecule has 124 valence electrons. The molecular formula is C17H24N4O2. The Bertz CT molecular complexity index is 591. The molecule has 1 N–H and O–H groups in total. The molecule has 0 aliphatic carbocycles. The number of nitrogens with one attached hydrogen (secondary N) is 1. The lowest BCUT2D eigenvalue weighted by atomic mass is 10.2. The molecular weight excluding hydrogens is 292 g/mol. The highest BCUT2D eigenvalue weighted by atomic mass is 16.2. The zero-order valence-corrected chi connectivity index (χ0v) is 14.2. The van der Waals surface area contributed by atoms with Gasteiger partial charge in [0.1, 0.15) is 0 Å². The Morgan fingerprint density at radius 2 is 1.96 bits per heavy atom. The summed E-state index contributed by atoms with van der Waals surface area (Å²) in [4.78, 5) is 27.8. The molecule has 0 aliphatic heterocycles. The van der Waals surface area contributed by atoms with E-state index in [1.54, 1.807) is 48.0 Å². The van der Waals surface area contributed by atoms with E-state index in [0.717, 1.165) is 0 Å². The highest BCUT2D eigenvalue weighted by Gasteiger charge is 2.21. The van der Waals surface area contributed by atoms with Crippen LogP contribution < -0.4 is 5.32 Å². The lowest BCUT2D eigenvalue weighted by Gasteiger charge is -2.26. The lowest BCUT2D eigenvalue weighted by molar-refractivity contribution is -0.133. The van der Waals surface area contributed by atoms with Gasteiger partial charge in [0.15, 0.2) is 0 Å². The maximum atomic E-state index is 12.3. The Kier molecular flexibility index (Phi) is 7.23. The van der Waals surface area contributed by atoms with Crippen LogP contribution in [0.15, 0.2) is 24.3 Å². The third-order valence-corrected chi connectivity index (χ3v) is 3.80. The average Bonchev–Trinajstić information content (AvgIpc) is 2.55. The molecule has 1 atom stereocenters. The Morgan fingerprint density at radius 1 is 1.30 bits per heavy atom. The largest absolute Gasteiger partial charge is 0.342 e. The second kappa shape index (κ2) is 8.91. The maximum Gasteiger partial charge on any atom is 0.241 e. The monoisotopic (exact) mass is 316 g/mol. The lowest BCUT2D eigenvalue weighted by Crippen LogP contribution is -2.46. The number of hydrogen-bond donors (Lipinski definition) is 1. The van der Waals surface area contributed by atoms with E-state index in [1.807, 2.05) is 19.9 Å². The third-order valence-electron chi connectivity index (χ3n) is 3.80. The number of likely N-dealkylation sites (N-methyl/N-ethyl adjacent to an activating group) is 2. The molecule has 1 aromatic carbocycles. The number of nitriles is 1. The number of hydrogen-bond acceptors (Lipinski definition) is 4. The van der Waals surface area contributed by atoms with Crippen molar-refractivity contribution in [3.05, 3.63) is 29.8 Å². The van der Waals surface area contributed by atoms with Crippen LogP contribution in [0.3, 0.4) is 0 Å². The van der Waals surface area contributed by atoms with E-state index < -0.39 is 6.04 Å². The van der Waals surface area contributed by atoms with Crippen LogP contribution in [-0.4, -0.2) is 54.3 Å². The minimum Gasteiger partial charge on any atom is -0.342 e. The first kappa shape index (κ1) is 18.7. The second-order valence-electron chi connectivity index (χ2n) is 5.34. The fourth-order valence-corrected chi connectivity index (χ4v) is 2.14. The minimum absolute atomic E-state index is 0.00336. The maximum absolute atomic E-state index is 12.3. The Labute approximate surface area is 137 Å². The van der Waals surface area contributed by atoms with Crippen molar-refractivity contribution >= 4 is 17.5 Å². The van der Waals surface area contributed by atoms with Gasteiger partial charge in [-0.15, -0.1) is 0 Å². The molecule has 0 spiro atoms. The minimum atomic E-state index is -0.458. The summed E-state index contributed by atoms with van der Waals surface area (Å²) in [6.07, 6.45) is 0. The van der Waals surface area contributed by atoms with Crippen LogP contribution >= 0.6 is 0 Å². The van der Waals surface area contributed by atoms with Gasteiger partial charge < -0.3 is 10.2 Å². The first-order chi connectivity index (χ1) is 10.9. The average molecular weight is 316 g/mol. The Morgan fingerprint density at radius 3 is 2.52 bits per heavy atom. The number of carbonyl (C=O) groups excluding carboxylic acids is 2. The van der Waals surface area contributed by atoms with Crippen molar-refractivity contribution in [2.24, 2.45) is 0 Å². The summed E-state index contributed by atoms with van der Waals surface area (Å²) in [5, 5.41) is 11.6. The van der Waals surface area contributed by atoms with E-state index in [1.165, 1.54) is 0 Å². The number of nitrogens with zero attached hydrogens (tertiary/aromatic N) is 3. The fourth-order valence-electron chi connectivity index (χ4n) is 2.14. The van der Waals surface area contributed by atoms with Gasteiger partial charge in [0.25, 0.3) is 0 Å². The fraction of sp³-hybridized carbons (Fsp3) is 0.471. The van der Waals surface area contributed by atoms with Crippen molar-refractivity contribution < 1.29 is 9.59 Å². The molecule has 1 unspecified atom stereocenters. The molecule has 0 bridgehead atoms. The predicted molar refractivity (Wildman–Crippen MR) is 89.8 cm³/mol. The highest BCUT2D eigenvalue weighted by molar-refractivity contribution is 5.95. The summed E-state index contributed by atoms with van der Waals surface area (Å²) in [5.74, 6) is -0.210. The molecule has 23 heavy (non-hydrogen) atoms. The summed E-state index contributed by atoms with van der Waals surface area (Å²) in [6.45, 7) is 7.11. The van der Waals surface area contributed by atoms with Gasteiger partial charge in [-0.3, -0.25) is 14.5 Å². The van der Waals surface area contributed by atoms with Gasteiger partial charge in [0.05, 0.1) is 24.2 Å². The van der Waals surface area contributed by atoms with Gasteiger partial charge in [-0.25, -0.2) is 0 Å². The van der Waals surface area contributed by atoms with Gasteiger partial charge in [-0.2, -0.15) is 5.26 Å². The van der Waals surface area contributed by atoms with Crippen LogP contribution in [0.4, 0.5) is 5.69 Å². The summed E-state index contributed by atoms with van der Waals surface area (Å²) < 4.78 is 0. The van der Waals surface area contributed by atoms with Crippen molar-refractivity contribution in [2.75, 3.05) is 32.0 Å². The van der Waals surface area contributed by atoms with E-state index >= 15 is 0 Å². The van der Waals surface area contributed by atoms with Crippen molar-refractivity contribution in [3.63, 3.8) is 0 Å². The Balaban J connectivity index is 2.65. The van der Waals surface area contributed by atoms with Crippen LogP contribution in [0.2, 0.25) is 0 Å². The van der Waals surface area contributed by atoms with E-state index in [0.29, 0.717) is 24.3 Å². The highest BCUT2D eigenvalue weighted by Crippen LogP contribution is 2.11. The van der Waals surface area contributed by atoms with Crippen molar-refractivity contribution in [1.29, 1.82) is 5.26 Å². The van der Waals surface area contributed by atoms with Gasteiger partial charge in [-0.05, 0) is 46.0 Å². The Hall–Kier alpha value is -2.39. The molecule has 0 saturated carbocycles. The molecule has 0 heterocycles. The second-order valence-corrected chi connectivity index (χ2v) is 5.34. The van der Waals surface area contributed by atoms with Crippen molar-refractivity contribution in [2.45, 2.75) is 26.8 Å². The van der Waals surface area contributed by atoms with Crippen LogP contribution in [0, 0.1) is 11.3 Å². The summed E-state index contributed by atoms with van der Waals surface area (Å²) >= 11 is 0. The number of amides is 2. The van der Waals surface area contributed by atoms with E-state index in [4.69, 9.17) is 5.26 Å². The molecule has 0 aliphatic rings.